The molecule has 1 heterocycles. The second-order valence-electron chi connectivity index (χ2n) is 7.66. The van der Waals surface area contributed by atoms with Gasteiger partial charge < -0.3 is 4.90 Å². The Bertz CT molecular complexity index is 967. The zero-order valence-electron chi connectivity index (χ0n) is 17.6. The molecule has 1 fully saturated rings. The maximum atomic E-state index is 13.3. The van der Waals surface area contributed by atoms with Crippen molar-refractivity contribution >= 4 is 27.5 Å². The molecule has 3 rings (SSSR count). The van der Waals surface area contributed by atoms with Crippen LogP contribution in [0.3, 0.4) is 0 Å². The molecule has 0 unspecified atom stereocenters. The number of amides is 1. The van der Waals surface area contributed by atoms with Gasteiger partial charge in [0.05, 0.1) is 5.02 Å². The van der Waals surface area contributed by atoms with Crippen molar-refractivity contribution in [2.45, 2.75) is 38.0 Å². The molecule has 1 aliphatic heterocycles. The Labute approximate surface area is 184 Å². The number of piperidine rings is 1. The summed E-state index contributed by atoms with van der Waals surface area (Å²) in [5, 5.41) is 0.150. The molecule has 0 saturated carbocycles. The van der Waals surface area contributed by atoms with Gasteiger partial charge in [0.1, 0.15) is 4.90 Å². The number of benzene rings is 2. The summed E-state index contributed by atoms with van der Waals surface area (Å²) in [4.78, 5) is 14.3. The molecule has 0 bridgehead atoms. The molecule has 1 saturated heterocycles. The van der Waals surface area contributed by atoms with Crippen LogP contribution in [0, 0.1) is 5.92 Å². The first-order chi connectivity index (χ1) is 14.4. The van der Waals surface area contributed by atoms with Gasteiger partial charge >= 0.3 is 0 Å². The van der Waals surface area contributed by atoms with E-state index in [9.17, 15) is 13.2 Å². The van der Waals surface area contributed by atoms with Gasteiger partial charge in [0.2, 0.25) is 10.0 Å². The highest BCUT2D eigenvalue weighted by molar-refractivity contribution is 7.89. The molecule has 0 atom stereocenters. The second kappa shape index (κ2) is 9.94. The molecule has 2 aromatic carbocycles. The van der Waals surface area contributed by atoms with Crippen LogP contribution in [0.1, 0.15) is 42.6 Å². The molecule has 2 aromatic rings. The molecule has 0 N–H and O–H groups in total. The van der Waals surface area contributed by atoms with Crippen LogP contribution >= 0.6 is 11.6 Å². The second-order valence-corrected chi connectivity index (χ2v) is 9.97. The Morgan fingerprint density at radius 1 is 1.07 bits per heavy atom. The van der Waals surface area contributed by atoms with Crippen LogP contribution in [0.5, 0.6) is 0 Å². The standard InChI is InChI=1S/C23H29ClN2O3S/c1-3-25(4-2)23(27)20-10-11-21(24)22(17-20)30(28,29)26-14-12-19(13-15-26)16-18-8-6-5-7-9-18/h5-11,17,19H,3-4,12-16H2,1-2H3. The molecular weight excluding hydrogens is 420 g/mol. The van der Waals surface area contributed by atoms with Crippen molar-refractivity contribution < 1.29 is 13.2 Å². The van der Waals surface area contributed by atoms with Gasteiger partial charge in [-0.1, -0.05) is 41.9 Å². The van der Waals surface area contributed by atoms with E-state index in [0.717, 1.165) is 19.3 Å². The first kappa shape index (κ1) is 22.8. The van der Waals surface area contributed by atoms with Crippen LogP contribution in [-0.2, 0) is 16.4 Å². The van der Waals surface area contributed by atoms with E-state index in [1.165, 1.54) is 22.0 Å². The number of halogens is 1. The zero-order chi connectivity index (χ0) is 21.7. The largest absolute Gasteiger partial charge is 0.339 e. The Balaban J connectivity index is 1.74. The predicted octanol–water partition coefficient (Wildman–Crippen LogP) is 4.47. The summed E-state index contributed by atoms with van der Waals surface area (Å²) >= 11 is 6.26. The monoisotopic (exact) mass is 448 g/mol. The van der Waals surface area contributed by atoms with Gasteiger partial charge in [-0.2, -0.15) is 4.31 Å². The average molecular weight is 449 g/mol. The van der Waals surface area contributed by atoms with Gasteiger partial charge in [-0.15, -0.1) is 0 Å². The van der Waals surface area contributed by atoms with Crippen LogP contribution in [0.25, 0.3) is 0 Å². The Morgan fingerprint density at radius 2 is 1.70 bits per heavy atom. The fourth-order valence-corrected chi connectivity index (χ4v) is 5.94. The summed E-state index contributed by atoms with van der Waals surface area (Å²) in [6, 6.07) is 14.8. The van der Waals surface area contributed by atoms with E-state index in [1.54, 1.807) is 11.0 Å². The van der Waals surface area contributed by atoms with Crippen LogP contribution < -0.4 is 0 Å². The molecule has 0 spiro atoms. The van der Waals surface area contributed by atoms with Crippen molar-refractivity contribution in [2.24, 2.45) is 5.92 Å². The SMILES string of the molecule is CCN(CC)C(=O)c1ccc(Cl)c(S(=O)(=O)N2CCC(Cc3ccccc3)CC2)c1. The number of hydrogen-bond acceptors (Lipinski definition) is 3. The third-order valence-corrected chi connectivity index (χ3v) is 8.17. The van der Waals surface area contributed by atoms with E-state index < -0.39 is 10.0 Å². The fourth-order valence-electron chi connectivity index (χ4n) is 3.97. The van der Waals surface area contributed by atoms with E-state index in [0.29, 0.717) is 37.7 Å². The van der Waals surface area contributed by atoms with E-state index in [-0.39, 0.29) is 15.8 Å². The molecule has 7 heteroatoms. The Hall–Kier alpha value is -1.89. The fraction of sp³-hybridized carbons (Fsp3) is 0.435. The van der Waals surface area contributed by atoms with E-state index in [1.807, 2.05) is 32.0 Å². The predicted molar refractivity (Wildman–Crippen MR) is 120 cm³/mol. The van der Waals surface area contributed by atoms with Crippen LogP contribution in [0.2, 0.25) is 5.02 Å². The molecule has 1 aliphatic rings. The number of sulfonamides is 1. The molecule has 0 aliphatic carbocycles. The molecular formula is C23H29ClN2O3S. The molecule has 162 valence electrons. The van der Waals surface area contributed by atoms with Gasteiger partial charge in [0.25, 0.3) is 5.91 Å². The number of rotatable bonds is 7. The first-order valence-corrected chi connectivity index (χ1v) is 12.3. The highest BCUT2D eigenvalue weighted by Gasteiger charge is 2.31. The zero-order valence-corrected chi connectivity index (χ0v) is 19.1. The lowest BCUT2D eigenvalue weighted by Gasteiger charge is -2.31. The molecule has 0 aromatic heterocycles. The summed E-state index contributed by atoms with van der Waals surface area (Å²) in [5.41, 5.74) is 1.63. The highest BCUT2D eigenvalue weighted by atomic mass is 35.5. The summed E-state index contributed by atoms with van der Waals surface area (Å²) in [7, 11) is -3.75. The Kier molecular flexibility index (Phi) is 7.55. The minimum atomic E-state index is -3.75. The quantitative estimate of drug-likeness (QED) is 0.628. The van der Waals surface area contributed by atoms with Crippen molar-refractivity contribution in [3.05, 3.63) is 64.7 Å². The van der Waals surface area contributed by atoms with Crippen molar-refractivity contribution in [3.63, 3.8) is 0 Å². The van der Waals surface area contributed by atoms with Crippen molar-refractivity contribution in [1.29, 1.82) is 0 Å². The topological polar surface area (TPSA) is 57.7 Å². The molecule has 5 nitrogen and oxygen atoms in total. The summed E-state index contributed by atoms with van der Waals surface area (Å²) < 4.78 is 28.0. The number of hydrogen-bond donors (Lipinski definition) is 0. The van der Waals surface area contributed by atoms with Crippen molar-refractivity contribution in [2.75, 3.05) is 26.2 Å². The van der Waals surface area contributed by atoms with Crippen molar-refractivity contribution in [3.8, 4) is 0 Å². The third-order valence-electron chi connectivity index (χ3n) is 5.79. The van der Waals surface area contributed by atoms with Gasteiger partial charge in [0.15, 0.2) is 0 Å². The summed E-state index contributed by atoms with van der Waals surface area (Å²) in [6.07, 6.45) is 2.58. The minimum Gasteiger partial charge on any atom is -0.339 e. The third kappa shape index (κ3) is 5.05. The minimum absolute atomic E-state index is 0.0173. The van der Waals surface area contributed by atoms with Gasteiger partial charge in [-0.3, -0.25) is 4.79 Å². The van der Waals surface area contributed by atoms with E-state index in [4.69, 9.17) is 11.6 Å². The van der Waals surface area contributed by atoms with Gasteiger partial charge in [-0.25, -0.2) is 8.42 Å². The van der Waals surface area contributed by atoms with Gasteiger partial charge in [-0.05, 0) is 62.8 Å². The number of carbonyl (C=O) groups excluding carboxylic acids is 1. The molecule has 1 amide bonds. The number of nitrogens with zero attached hydrogens (tertiary/aromatic N) is 2. The highest BCUT2D eigenvalue weighted by Crippen LogP contribution is 2.30. The Morgan fingerprint density at radius 3 is 2.30 bits per heavy atom. The number of carbonyl (C=O) groups is 1. The summed E-state index contributed by atoms with van der Waals surface area (Å²) in [5.74, 6) is 0.277. The lowest BCUT2D eigenvalue weighted by molar-refractivity contribution is 0.0772. The average Bonchev–Trinajstić information content (AvgIpc) is 2.76. The lowest BCUT2D eigenvalue weighted by atomic mass is 9.91. The molecule has 0 radical (unpaired) electrons. The maximum Gasteiger partial charge on any atom is 0.253 e. The maximum absolute atomic E-state index is 13.3. The normalized spacial score (nSPS) is 15.8. The van der Waals surface area contributed by atoms with E-state index in [2.05, 4.69) is 12.1 Å². The van der Waals surface area contributed by atoms with Crippen LogP contribution in [-0.4, -0.2) is 49.7 Å². The molecule has 30 heavy (non-hydrogen) atoms. The van der Waals surface area contributed by atoms with Crippen LogP contribution in [0.15, 0.2) is 53.4 Å². The van der Waals surface area contributed by atoms with Gasteiger partial charge in [0, 0.05) is 31.7 Å². The van der Waals surface area contributed by atoms with E-state index >= 15 is 0 Å². The lowest BCUT2D eigenvalue weighted by Crippen LogP contribution is -2.39. The smallest absolute Gasteiger partial charge is 0.253 e. The summed E-state index contributed by atoms with van der Waals surface area (Å²) in [6.45, 7) is 5.85. The first-order valence-electron chi connectivity index (χ1n) is 10.5. The van der Waals surface area contributed by atoms with Crippen molar-refractivity contribution in [1.82, 2.24) is 9.21 Å². The van der Waals surface area contributed by atoms with Crippen LogP contribution in [0.4, 0.5) is 0 Å².